The lowest BCUT2D eigenvalue weighted by atomic mass is 10.1. The monoisotopic (exact) mass is 306 g/mol. The fourth-order valence-corrected chi connectivity index (χ4v) is 3.74. The van der Waals surface area contributed by atoms with E-state index in [9.17, 15) is 5.11 Å². The van der Waals surface area contributed by atoms with Crippen molar-refractivity contribution in [3.8, 4) is 0 Å². The molecular weight excluding hydrogens is 284 g/mol. The van der Waals surface area contributed by atoms with E-state index in [1.54, 1.807) is 11.3 Å². The Bertz CT molecular complexity index is 627. The lowest BCUT2D eigenvalue weighted by Crippen LogP contribution is -2.22. The van der Waals surface area contributed by atoms with Crippen LogP contribution in [0.4, 0.5) is 11.8 Å². The molecule has 1 unspecified atom stereocenters. The molecular formula is C15H22N4OS. The van der Waals surface area contributed by atoms with Crippen LogP contribution in [-0.2, 0) is 6.42 Å². The van der Waals surface area contributed by atoms with Gasteiger partial charge in [-0.05, 0) is 25.8 Å². The molecule has 21 heavy (non-hydrogen) atoms. The Labute approximate surface area is 129 Å². The normalized spacial score (nSPS) is 18.6. The average molecular weight is 306 g/mol. The van der Waals surface area contributed by atoms with E-state index in [-0.39, 0.29) is 6.61 Å². The molecule has 0 spiro atoms. The molecule has 0 radical (unpaired) electrons. The molecule has 5 nitrogen and oxygen atoms in total. The SMILES string of the molecule is CCNc1nc(N2CCC(CO)C2)c2cc(CC)sc2n1. The van der Waals surface area contributed by atoms with Crippen molar-refractivity contribution < 1.29 is 5.11 Å². The third kappa shape index (κ3) is 2.82. The molecule has 1 saturated heterocycles. The van der Waals surface area contributed by atoms with E-state index in [2.05, 4.69) is 35.1 Å². The maximum Gasteiger partial charge on any atom is 0.226 e. The second-order valence-corrected chi connectivity index (χ2v) is 6.58. The topological polar surface area (TPSA) is 61.3 Å². The van der Waals surface area contributed by atoms with Gasteiger partial charge in [0.15, 0.2) is 0 Å². The van der Waals surface area contributed by atoms with Crippen molar-refractivity contribution >= 4 is 33.3 Å². The predicted molar refractivity (Wildman–Crippen MR) is 88.4 cm³/mol. The number of nitrogens with one attached hydrogen (secondary N) is 1. The van der Waals surface area contributed by atoms with Crippen LogP contribution in [0.25, 0.3) is 10.2 Å². The zero-order valence-corrected chi connectivity index (χ0v) is 13.4. The van der Waals surface area contributed by atoms with Crippen molar-refractivity contribution in [2.45, 2.75) is 26.7 Å². The van der Waals surface area contributed by atoms with Crippen LogP contribution in [0.2, 0.25) is 0 Å². The number of hydrogen-bond acceptors (Lipinski definition) is 6. The lowest BCUT2D eigenvalue weighted by molar-refractivity contribution is 0.238. The Morgan fingerprint density at radius 1 is 1.43 bits per heavy atom. The van der Waals surface area contributed by atoms with E-state index in [1.165, 1.54) is 4.88 Å². The van der Waals surface area contributed by atoms with Crippen LogP contribution in [0.3, 0.4) is 0 Å². The summed E-state index contributed by atoms with van der Waals surface area (Å²) in [4.78, 5) is 14.0. The third-order valence-corrected chi connectivity index (χ3v) is 5.12. The van der Waals surface area contributed by atoms with Crippen molar-refractivity contribution in [3.63, 3.8) is 0 Å². The van der Waals surface area contributed by atoms with Crippen LogP contribution in [0, 0.1) is 5.92 Å². The molecule has 1 aliphatic heterocycles. The molecule has 6 heteroatoms. The summed E-state index contributed by atoms with van der Waals surface area (Å²) in [5.74, 6) is 2.08. The summed E-state index contributed by atoms with van der Waals surface area (Å²) in [6, 6.07) is 2.22. The Morgan fingerprint density at radius 2 is 2.29 bits per heavy atom. The summed E-state index contributed by atoms with van der Waals surface area (Å²) in [5, 5.41) is 13.7. The van der Waals surface area contributed by atoms with Gasteiger partial charge < -0.3 is 15.3 Å². The smallest absolute Gasteiger partial charge is 0.226 e. The van der Waals surface area contributed by atoms with Gasteiger partial charge in [-0.3, -0.25) is 0 Å². The second-order valence-electron chi connectivity index (χ2n) is 5.47. The molecule has 114 valence electrons. The van der Waals surface area contributed by atoms with Crippen LogP contribution in [-0.4, -0.2) is 41.3 Å². The summed E-state index contributed by atoms with van der Waals surface area (Å²) in [6.07, 6.45) is 2.06. The molecule has 1 aliphatic rings. The molecule has 2 N–H and O–H groups in total. The van der Waals surface area contributed by atoms with Gasteiger partial charge in [-0.2, -0.15) is 4.98 Å². The molecule has 1 atom stereocenters. The van der Waals surface area contributed by atoms with Crippen molar-refractivity contribution in [2.24, 2.45) is 5.92 Å². The minimum atomic E-state index is 0.259. The summed E-state index contributed by atoms with van der Waals surface area (Å²) < 4.78 is 0. The highest BCUT2D eigenvalue weighted by Gasteiger charge is 2.25. The van der Waals surface area contributed by atoms with E-state index in [0.717, 1.165) is 48.5 Å². The molecule has 0 amide bonds. The number of thiophene rings is 1. The molecule has 0 bridgehead atoms. The van der Waals surface area contributed by atoms with Gasteiger partial charge >= 0.3 is 0 Å². The van der Waals surface area contributed by atoms with Gasteiger partial charge in [0.1, 0.15) is 10.6 Å². The Hall–Kier alpha value is -1.40. The number of aliphatic hydroxyl groups excluding tert-OH is 1. The highest BCUT2D eigenvalue weighted by Crippen LogP contribution is 2.34. The Morgan fingerprint density at radius 3 is 2.95 bits per heavy atom. The van der Waals surface area contributed by atoms with E-state index in [0.29, 0.717) is 11.9 Å². The maximum atomic E-state index is 9.36. The zero-order valence-electron chi connectivity index (χ0n) is 12.6. The van der Waals surface area contributed by atoms with E-state index >= 15 is 0 Å². The number of hydrogen-bond donors (Lipinski definition) is 2. The van der Waals surface area contributed by atoms with Gasteiger partial charge in [-0.15, -0.1) is 11.3 Å². The van der Waals surface area contributed by atoms with Gasteiger partial charge in [-0.25, -0.2) is 4.98 Å². The van der Waals surface area contributed by atoms with Crippen molar-refractivity contribution in [1.82, 2.24) is 9.97 Å². The summed E-state index contributed by atoms with van der Waals surface area (Å²) in [6.45, 7) is 7.13. The van der Waals surface area contributed by atoms with Crippen LogP contribution < -0.4 is 10.2 Å². The van der Waals surface area contributed by atoms with E-state index in [1.807, 2.05) is 0 Å². The van der Waals surface area contributed by atoms with Crippen molar-refractivity contribution in [1.29, 1.82) is 0 Å². The van der Waals surface area contributed by atoms with Gasteiger partial charge in [0, 0.05) is 37.0 Å². The fraction of sp³-hybridized carbons (Fsp3) is 0.600. The van der Waals surface area contributed by atoms with Crippen molar-refractivity contribution in [3.05, 3.63) is 10.9 Å². The first kappa shape index (κ1) is 14.5. The van der Waals surface area contributed by atoms with Crippen LogP contribution in [0.15, 0.2) is 6.07 Å². The highest BCUT2D eigenvalue weighted by molar-refractivity contribution is 7.18. The minimum absolute atomic E-state index is 0.259. The number of nitrogens with zero attached hydrogens (tertiary/aromatic N) is 3. The first-order chi connectivity index (χ1) is 10.2. The largest absolute Gasteiger partial charge is 0.396 e. The highest BCUT2D eigenvalue weighted by atomic mass is 32.1. The van der Waals surface area contributed by atoms with Crippen molar-refractivity contribution in [2.75, 3.05) is 36.5 Å². The number of aromatic nitrogens is 2. The molecule has 1 fully saturated rings. The van der Waals surface area contributed by atoms with Gasteiger partial charge in [-0.1, -0.05) is 6.92 Å². The predicted octanol–water partition coefficient (Wildman–Crippen LogP) is 2.50. The number of fused-ring (bicyclic) bond motifs is 1. The molecule has 0 aromatic carbocycles. The van der Waals surface area contributed by atoms with E-state index < -0.39 is 0 Å². The van der Waals surface area contributed by atoms with Gasteiger partial charge in [0.05, 0.1) is 5.39 Å². The molecule has 3 rings (SSSR count). The summed E-state index contributed by atoms with van der Waals surface area (Å²) >= 11 is 1.75. The molecule has 3 heterocycles. The minimum Gasteiger partial charge on any atom is -0.396 e. The molecule has 2 aromatic rings. The standard InChI is InChI=1S/C15H22N4OS/c1-3-11-7-12-13(19-6-5-10(8-19)9-20)17-15(16-4-2)18-14(12)21-11/h7,10,20H,3-6,8-9H2,1-2H3,(H,16,17,18). The van der Waals surface area contributed by atoms with Gasteiger partial charge in [0.25, 0.3) is 0 Å². The number of aliphatic hydroxyl groups is 1. The number of rotatable bonds is 5. The first-order valence-corrected chi connectivity index (χ1v) is 8.46. The Balaban J connectivity index is 2.03. The van der Waals surface area contributed by atoms with E-state index in [4.69, 9.17) is 4.98 Å². The fourth-order valence-electron chi connectivity index (χ4n) is 2.78. The quantitative estimate of drug-likeness (QED) is 0.889. The van der Waals surface area contributed by atoms with Crippen LogP contribution in [0.1, 0.15) is 25.1 Å². The summed E-state index contributed by atoms with van der Waals surface area (Å²) in [5.41, 5.74) is 0. The summed E-state index contributed by atoms with van der Waals surface area (Å²) in [7, 11) is 0. The van der Waals surface area contributed by atoms with Crippen LogP contribution >= 0.6 is 11.3 Å². The second kappa shape index (κ2) is 6.15. The maximum absolute atomic E-state index is 9.36. The molecule has 0 aliphatic carbocycles. The number of anilines is 2. The number of aryl methyl sites for hydroxylation is 1. The first-order valence-electron chi connectivity index (χ1n) is 7.65. The van der Waals surface area contributed by atoms with Crippen LogP contribution in [0.5, 0.6) is 0 Å². The zero-order chi connectivity index (χ0) is 14.8. The third-order valence-electron chi connectivity index (χ3n) is 3.95. The average Bonchev–Trinajstić information content (AvgIpc) is 3.12. The molecule has 2 aromatic heterocycles. The Kier molecular flexibility index (Phi) is 4.26. The lowest BCUT2D eigenvalue weighted by Gasteiger charge is -2.19. The van der Waals surface area contributed by atoms with Gasteiger partial charge in [0.2, 0.25) is 5.95 Å². The molecule has 0 saturated carbocycles.